The summed E-state index contributed by atoms with van der Waals surface area (Å²) in [6, 6.07) is 5.91. The van der Waals surface area contributed by atoms with Crippen molar-refractivity contribution in [3.8, 4) is 0 Å². The fourth-order valence-electron chi connectivity index (χ4n) is 1.53. The first-order valence-electron chi connectivity index (χ1n) is 6.00. The van der Waals surface area contributed by atoms with Gasteiger partial charge in [-0.15, -0.1) is 0 Å². The molecule has 0 bridgehead atoms. The molecule has 1 aromatic rings. The Hall–Kier alpha value is -1.67. The molecule has 0 amide bonds. The zero-order valence-electron chi connectivity index (χ0n) is 12.0. The highest BCUT2D eigenvalue weighted by atomic mass is 31.1. The molecule has 0 aliphatic rings. The second-order valence-electron chi connectivity index (χ2n) is 4.78. The standard InChI is InChI=1S/C14H23N4P/c1-18(2)14(17)8-7-11(15)10-5-6-12(16)13(9-10)19(3)4/h5-9H,15-17H2,1-4H3/b11-7-,14-8+. The Morgan fingerprint density at radius 3 is 2.32 bits per heavy atom. The molecule has 1 aromatic carbocycles. The summed E-state index contributed by atoms with van der Waals surface area (Å²) in [6.07, 6.45) is 3.62. The van der Waals surface area contributed by atoms with E-state index in [1.54, 1.807) is 6.08 Å². The average Bonchev–Trinajstić information content (AvgIpc) is 2.35. The third-order valence-electron chi connectivity index (χ3n) is 2.80. The van der Waals surface area contributed by atoms with Crippen LogP contribution in [0.2, 0.25) is 0 Å². The SMILES string of the molecule is CN(C)/C(N)=C/C=C(\N)c1ccc(N)c(P(C)C)c1. The van der Waals surface area contributed by atoms with Crippen LogP contribution in [0.15, 0.2) is 36.2 Å². The Kier molecular flexibility index (Phi) is 5.25. The van der Waals surface area contributed by atoms with Crippen molar-refractivity contribution in [1.82, 2.24) is 4.90 Å². The molecule has 4 nitrogen and oxygen atoms in total. The van der Waals surface area contributed by atoms with Crippen LogP contribution in [0.25, 0.3) is 5.70 Å². The molecule has 0 spiro atoms. The summed E-state index contributed by atoms with van der Waals surface area (Å²) >= 11 is 0. The summed E-state index contributed by atoms with van der Waals surface area (Å²) in [5.41, 5.74) is 20.3. The van der Waals surface area contributed by atoms with Gasteiger partial charge in [0.2, 0.25) is 0 Å². The summed E-state index contributed by atoms with van der Waals surface area (Å²) in [6.45, 7) is 4.35. The lowest BCUT2D eigenvalue weighted by Gasteiger charge is -2.13. The van der Waals surface area contributed by atoms with Gasteiger partial charge in [0.1, 0.15) is 0 Å². The van der Waals surface area contributed by atoms with E-state index in [2.05, 4.69) is 19.4 Å². The van der Waals surface area contributed by atoms with Gasteiger partial charge in [0.25, 0.3) is 0 Å². The Balaban J connectivity index is 3.07. The van der Waals surface area contributed by atoms with Crippen LogP contribution in [0, 0.1) is 0 Å². The van der Waals surface area contributed by atoms with Crippen molar-refractivity contribution in [3.05, 3.63) is 41.7 Å². The van der Waals surface area contributed by atoms with E-state index in [0.29, 0.717) is 11.5 Å². The molecule has 0 atom stereocenters. The van der Waals surface area contributed by atoms with Crippen LogP contribution in [0.1, 0.15) is 5.56 Å². The summed E-state index contributed by atoms with van der Waals surface area (Å²) in [5, 5.41) is 1.17. The number of nitrogens with zero attached hydrogens (tertiary/aromatic N) is 1. The summed E-state index contributed by atoms with van der Waals surface area (Å²) in [4.78, 5) is 1.83. The number of hydrogen-bond acceptors (Lipinski definition) is 4. The van der Waals surface area contributed by atoms with Gasteiger partial charge in [0.15, 0.2) is 0 Å². The Morgan fingerprint density at radius 2 is 1.79 bits per heavy atom. The first kappa shape index (κ1) is 15.4. The van der Waals surface area contributed by atoms with E-state index in [-0.39, 0.29) is 7.92 Å². The molecule has 0 unspecified atom stereocenters. The normalized spacial score (nSPS) is 12.9. The van der Waals surface area contributed by atoms with Crippen LogP contribution in [-0.4, -0.2) is 32.3 Å². The van der Waals surface area contributed by atoms with E-state index in [1.807, 2.05) is 37.2 Å². The first-order valence-corrected chi connectivity index (χ1v) is 8.24. The molecule has 0 aromatic heterocycles. The van der Waals surface area contributed by atoms with E-state index in [4.69, 9.17) is 17.2 Å². The highest BCUT2D eigenvalue weighted by Gasteiger charge is 2.06. The molecule has 19 heavy (non-hydrogen) atoms. The molecule has 0 aliphatic carbocycles. The van der Waals surface area contributed by atoms with Crippen molar-refractivity contribution in [2.45, 2.75) is 0 Å². The maximum absolute atomic E-state index is 6.07. The summed E-state index contributed by atoms with van der Waals surface area (Å²) in [5.74, 6) is 0.659. The maximum Gasteiger partial charge on any atom is 0.0981 e. The number of nitrogen functional groups attached to an aromatic ring is 1. The van der Waals surface area contributed by atoms with Crippen molar-refractivity contribution in [2.75, 3.05) is 33.2 Å². The van der Waals surface area contributed by atoms with E-state index < -0.39 is 0 Å². The summed E-state index contributed by atoms with van der Waals surface area (Å²) < 4.78 is 0. The van der Waals surface area contributed by atoms with E-state index >= 15 is 0 Å². The zero-order chi connectivity index (χ0) is 14.6. The maximum atomic E-state index is 6.07. The molecule has 1 rings (SSSR count). The molecule has 6 N–H and O–H groups in total. The molecule has 0 fully saturated rings. The summed E-state index contributed by atoms with van der Waals surface area (Å²) in [7, 11) is 3.53. The Labute approximate surface area is 116 Å². The smallest absolute Gasteiger partial charge is 0.0981 e. The van der Waals surface area contributed by atoms with E-state index in [0.717, 1.165) is 11.3 Å². The van der Waals surface area contributed by atoms with Gasteiger partial charge < -0.3 is 22.1 Å². The molecule has 5 heteroatoms. The van der Waals surface area contributed by atoms with E-state index in [9.17, 15) is 0 Å². The highest BCUT2D eigenvalue weighted by Crippen LogP contribution is 2.28. The molecule has 0 radical (unpaired) electrons. The quantitative estimate of drug-likeness (QED) is 0.440. The second kappa shape index (κ2) is 6.48. The highest BCUT2D eigenvalue weighted by molar-refractivity contribution is 7.64. The van der Waals surface area contributed by atoms with Crippen LogP contribution in [0.3, 0.4) is 0 Å². The Bertz CT molecular complexity index is 504. The minimum atomic E-state index is -0.246. The Morgan fingerprint density at radius 1 is 1.16 bits per heavy atom. The minimum Gasteiger partial charge on any atom is -0.398 e. The molecule has 0 aliphatic heterocycles. The number of hydrogen-bond donors (Lipinski definition) is 3. The van der Waals surface area contributed by atoms with Crippen LogP contribution in [-0.2, 0) is 0 Å². The second-order valence-corrected chi connectivity index (χ2v) is 7.05. The van der Waals surface area contributed by atoms with Crippen molar-refractivity contribution in [1.29, 1.82) is 0 Å². The number of anilines is 1. The third-order valence-corrected chi connectivity index (χ3v) is 4.15. The first-order chi connectivity index (χ1) is 8.82. The molecule has 0 heterocycles. The monoisotopic (exact) mass is 278 g/mol. The lowest BCUT2D eigenvalue weighted by molar-refractivity contribution is 0.506. The average molecular weight is 278 g/mol. The van der Waals surface area contributed by atoms with Crippen LogP contribution in [0.5, 0.6) is 0 Å². The van der Waals surface area contributed by atoms with Gasteiger partial charge in [-0.1, -0.05) is 14.0 Å². The molecule has 0 saturated heterocycles. The fourth-order valence-corrected chi connectivity index (χ4v) is 2.52. The predicted octanol–water partition coefficient (Wildman–Crippen LogP) is 1.30. The van der Waals surface area contributed by atoms with Gasteiger partial charge in [-0.05, 0) is 48.5 Å². The molecule has 104 valence electrons. The molecular weight excluding hydrogens is 255 g/mol. The fraction of sp³-hybridized carbons (Fsp3) is 0.286. The van der Waals surface area contributed by atoms with Crippen molar-refractivity contribution >= 4 is 24.6 Å². The van der Waals surface area contributed by atoms with Crippen molar-refractivity contribution < 1.29 is 0 Å². The van der Waals surface area contributed by atoms with Crippen LogP contribution < -0.4 is 22.5 Å². The van der Waals surface area contributed by atoms with Gasteiger partial charge in [-0.3, -0.25) is 0 Å². The largest absolute Gasteiger partial charge is 0.398 e. The lowest BCUT2D eigenvalue weighted by atomic mass is 10.1. The van der Waals surface area contributed by atoms with Gasteiger partial charge in [-0.25, -0.2) is 0 Å². The number of benzene rings is 1. The van der Waals surface area contributed by atoms with Gasteiger partial charge in [0, 0.05) is 25.5 Å². The number of nitrogens with two attached hydrogens (primary N) is 3. The third kappa shape index (κ3) is 4.18. The van der Waals surface area contributed by atoms with Crippen LogP contribution in [0.4, 0.5) is 5.69 Å². The van der Waals surface area contributed by atoms with Crippen LogP contribution >= 0.6 is 7.92 Å². The molecular formula is C14H23N4P. The predicted molar refractivity (Wildman–Crippen MR) is 87.4 cm³/mol. The number of rotatable bonds is 4. The van der Waals surface area contributed by atoms with Gasteiger partial charge in [-0.2, -0.15) is 0 Å². The number of allylic oxidation sites excluding steroid dienone is 2. The van der Waals surface area contributed by atoms with Crippen molar-refractivity contribution in [3.63, 3.8) is 0 Å². The topological polar surface area (TPSA) is 81.3 Å². The molecule has 0 saturated carbocycles. The minimum absolute atomic E-state index is 0.246. The van der Waals surface area contributed by atoms with Gasteiger partial charge >= 0.3 is 0 Å². The van der Waals surface area contributed by atoms with Crippen molar-refractivity contribution in [2.24, 2.45) is 11.5 Å². The zero-order valence-corrected chi connectivity index (χ0v) is 12.9. The van der Waals surface area contributed by atoms with Gasteiger partial charge in [0.05, 0.1) is 5.82 Å². The lowest BCUT2D eigenvalue weighted by Crippen LogP contribution is -2.18. The van der Waals surface area contributed by atoms with E-state index in [1.165, 1.54) is 5.30 Å².